The number of sulfonamides is 1. The summed E-state index contributed by atoms with van der Waals surface area (Å²) in [5, 5.41) is 0. The first-order valence-corrected chi connectivity index (χ1v) is 8.18. The highest BCUT2D eigenvalue weighted by Crippen LogP contribution is 2.20. The lowest BCUT2D eigenvalue weighted by Crippen LogP contribution is -2.30. The summed E-state index contributed by atoms with van der Waals surface area (Å²) in [6.45, 7) is 3.83. The van der Waals surface area contributed by atoms with Gasteiger partial charge in [0.2, 0.25) is 10.0 Å². The average Bonchev–Trinajstić information content (AvgIpc) is 2.27. The summed E-state index contributed by atoms with van der Waals surface area (Å²) in [5.74, 6) is 0.181. The molecule has 0 aliphatic heterocycles. The molecule has 0 bridgehead atoms. The second kappa shape index (κ2) is 6.52. The highest BCUT2D eigenvalue weighted by atomic mass is 79.9. The van der Waals surface area contributed by atoms with Crippen molar-refractivity contribution in [2.75, 3.05) is 5.75 Å². The summed E-state index contributed by atoms with van der Waals surface area (Å²) in [6, 6.07) is 7.58. The molecule has 0 saturated carbocycles. The third-order valence-electron chi connectivity index (χ3n) is 2.48. The van der Waals surface area contributed by atoms with E-state index in [9.17, 15) is 8.42 Å². The fourth-order valence-electron chi connectivity index (χ4n) is 1.63. The van der Waals surface area contributed by atoms with Crippen molar-refractivity contribution in [3.63, 3.8) is 0 Å². The Morgan fingerprint density at radius 1 is 1.24 bits per heavy atom. The maximum absolute atomic E-state index is 11.7. The van der Waals surface area contributed by atoms with Gasteiger partial charge in [0.25, 0.3) is 0 Å². The lowest BCUT2D eigenvalue weighted by atomic mass is 10.1. The van der Waals surface area contributed by atoms with E-state index in [-0.39, 0.29) is 11.8 Å². The highest BCUT2D eigenvalue weighted by Gasteiger charge is 2.16. The van der Waals surface area contributed by atoms with Gasteiger partial charge in [-0.3, -0.25) is 0 Å². The van der Waals surface area contributed by atoms with Gasteiger partial charge in [-0.1, -0.05) is 41.9 Å². The number of hydrogen-bond acceptors (Lipinski definition) is 2. The van der Waals surface area contributed by atoms with Crippen LogP contribution >= 0.6 is 15.9 Å². The third-order valence-corrected chi connectivity index (χ3v) is 4.59. The zero-order valence-corrected chi connectivity index (χ0v) is 12.5. The van der Waals surface area contributed by atoms with Gasteiger partial charge in [-0.2, -0.15) is 0 Å². The fraction of sp³-hybridized carbons (Fsp3) is 0.500. The Balaban J connectivity index is 2.82. The lowest BCUT2D eigenvalue weighted by Gasteiger charge is -2.17. The van der Waals surface area contributed by atoms with Crippen LogP contribution in [0.2, 0.25) is 0 Å². The first-order chi connectivity index (χ1) is 7.98. The molecule has 5 heteroatoms. The van der Waals surface area contributed by atoms with Crippen molar-refractivity contribution in [3.05, 3.63) is 34.3 Å². The van der Waals surface area contributed by atoms with Gasteiger partial charge in [0.1, 0.15) is 0 Å². The molecule has 1 atom stereocenters. The molecule has 0 aliphatic rings. The van der Waals surface area contributed by atoms with E-state index < -0.39 is 10.0 Å². The Hall–Kier alpha value is -0.390. The Morgan fingerprint density at radius 3 is 2.29 bits per heavy atom. The van der Waals surface area contributed by atoms with Crippen LogP contribution in [0.4, 0.5) is 0 Å². The summed E-state index contributed by atoms with van der Waals surface area (Å²) < 4.78 is 27.2. The van der Waals surface area contributed by atoms with Crippen LogP contribution in [0, 0.1) is 0 Å². The van der Waals surface area contributed by atoms with Crippen LogP contribution < -0.4 is 4.72 Å². The van der Waals surface area contributed by atoms with E-state index in [0.29, 0.717) is 6.42 Å². The van der Waals surface area contributed by atoms with Crippen LogP contribution in [0.25, 0.3) is 0 Å². The van der Waals surface area contributed by atoms with Gasteiger partial charge in [-0.25, -0.2) is 13.1 Å². The van der Waals surface area contributed by atoms with Gasteiger partial charge in [0.15, 0.2) is 0 Å². The molecule has 1 aromatic rings. The number of halogens is 1. The third kappa shape index (κ3) is 4.77. The Bertz CT molecular complexity index is 442. The molecule has 1 aromatic carbocycles. The van der Waals surface area contributed by atoms with Crippen LogP contribution in [0.3, 0.4) is 0 Å². The molecule has 1 N–H and O–H groups in total. The number of hydrogen-bond donors (Lipinski definition) is 1. The van der Waals surface area contributed by atoms with Crippen LogP contribution in [0.1, 0.15) is 38.3 Å². The van der Waals surface area contributed by atoms with Gasteiger partial charge in [-0.15, -0.1) is 0 Å². The predicted molar refractivity (Wildman–Crippen MR) is 74.4 cm³/mol. The van der Waals surface area contributed by atoms with Gasteiger partial charge >= 0.3 is 0 Å². The maximum atomic E-state index is 11.7. The zero-order valence-electron chi connectivity index (χ0n) is 10.1. The molecule has 0 aromatic heterocycles. The molecule has 1 unspecified atom stereocenters. The molecule has 0 amide bonds. The molecule has 96 valence electrons. The van der Waals surface area contributed by atoms with E-state index in [0.717, 1.165) is 16.5 Å². The molecular formula is C12H18BrNO2S. The number of benzene rings is 1. The lowest BCUT2D eigenvalue weighted by molar-refractivity contribution is 0.549. The van der Waals surface area contributed by atoms with E-state index in [1.807, 2.05) is 38.1 Å². The summed E-state index contributed by atoms with van der Waals surface area (Å²) >= 11 is 3.36. The molecular weight excluding hydrogens is 302 g/mol. The summed E-state index contributed by atoms with van der Waals surface area (Å²) in [6.07, 6.45) is 1.37. The molecule has 0 saturated heterocycles. The molecule has 3 nitrogen and oxygen atoms in total. The molecule has 0 spiro atoms. The van der Waals surface area contributed by atoms with Gasteiger partial charge in [0.05, 0.1) is 5.75 Å². The largest absolute Gasteiger partial charge is 0.212 e. The minimum atomic E-state index is -3.16. The summed E-state index contributed by atoms with van der Waals surface area (Å²) in [7, 11) is -3.16. The van der Waals surface area contributed by atoms with Crippen molar-refractivity contribution in [1.29, 1.82) is 0 Å². The topological polar surface area (TPSA) is 46.2 Å². The molecule has 0 aliphatic carbocycles. The van der Waals surface area contributed by atoms with E-state index in [4.69, 9.17) is 0 Å². The van der Waals surface area contributed by atoms with E-state index in [1.54, 1.807) is 0 Å². The minimum Gasteiger partial charge on any atom is -0.212 e. The molecule has 17 heavy (non-hydrogen) atoms. The van der Waals surface area contributed by atoms with Gasteiger partial charge < -0.3 is 0 Å². The van der Waals surface area contributed by atoms with Crippen molar-refractivity contribution in [2.45, 2.75) is 32.7 Å². The quantitative estimate of drug-likeness (QED) is 0.875. The number of nitrogens with one attached hydrogen (secondary N) is 1. The van der Waals surface area contributed by atoms with E-state index in [1.165, 1.54) is 0 Å². The first kappa shape index (κ1) is 14.7. The average molecular weight is 320 g/mol. The summed E-state index contributed by atoms with van der Waals surface area (Å²) in [5.41, 5.74) is 0.996. The van der Waals surface area contributed by atoms with Crippen molar-refractivity contribution in [1.82, 2.24) is 4.72 Å². The first-order valence-electron chi connectivity index (χ1n) is 5.74. The Morgan fingerprint density at radius 2 is 1.82 bits per heavy atom. The highest BCUT2D eigenvalue weighted by molar-refractivity contribution is 9.10. The minimum absolute atomic E-state index is 0.139. The van der Waals surface area contributed by atoms with Crippen molar-refractivity contribution in [3.8, 4) is 0 Å². The second-order valence-corrected chi connectivity index (χ2v) is 6.74. The Kier molecular flexibility index (Phi) is 5.62. The second-order valence-electron chi connectivity index (χ2n) is 3.95. The van der Waals surface area contributed by atoms with Crippen LogP contribution in [0.15, 0.2) is 28.7 Å². The van der Waals surface area contributed by atoms with E-state index in [2.05, 4.69) is 20.7 Å². The van der Waals surface area contributed by atoms with Crippen molar-refractivity contribution >= 4 is 26.0 Å². The van der Waals surface area contributed by atoms with E-state index >= 15 is 0 Å². The maximum Gasteiger partial charge on any atom is 0.212 e. The zero-order chi connectivity index (χ0) is 12.9. The SMILES string of the molecule is CCCS(=O)(=O)NC(CC)c1ccc(Br)cc1. The number of rotatable bonds is 6. The smallest absolute Gasteiger partial charge is 0.212 e. The standard InChI is InChI=1S/C12H18BrNO2S/c1-3-9-17(15,16)14-12(4-2)10-5-7-11(13)8-6-10/h5-8,12,14H,3-4,9H2,1-2H3. The fourth-order valence-corrected chi connectivity index (χ4v) is 3.28. The predicted octanol–water partition coefficient (Wildman–Crippen LogP) is 3.23. The van der Waals surface area contributed by atoms with Gasteiger partial charge in [0, 0.05) is 10.5 Å². The van der Waals surface area contributed by atoms with Crippen molar-refractivity contribution in [2.24, 2.45) is 0 Å². The van der Waals surface area contributed by atoms with Crippen LogP contribution in [-0.4, -0.2) is 14.2 Å². The molecule has 0 fully saturated rings. The van der Waals surface area contributed by atoms with Gasteiger partial charge in [-0.05, 0) is 30.5 Å². The monoisotopic (exact) mass is 319 g/mol. The normalized spacial score (nSPS) is 13.6. The molecule has 0 heterocycles. The van der Waals surface area contributed by atoms with Crippen LogP contribution in [0.5, 0.6) is 0 Å². The Labute approximate surface area is 112 Å². The molecule has 0 radical (unpaired) electrons. The van der Waals surface area contributed by atoms with Crippen LogP contribution in [-0.2, 0) is 10.0 Å². The summed E-state index contributed by atoms with van der Waals surface area (Å²) in [4.78, 5) is 0. The molecule has 1 rings (SSSR count). The van der Waals surface area contributed by atoms with Crippen molar-refractivity contribution < 1.29 is 8.42 Å².